The standard InChI is InChI=1S/C14H24N2O5/c1-9(2)10(11(17)21-3)15-13(20)16-14(12(18)19)7-5-4-6-8-14/h9-10H,4-8H2,1-3H3,(H,18,19)(H2,15,16,20). The van der Waals surface area contributed by atoms with Gasteiger partial charge in [0, 0.05) is 0 Å². The number of carbonyl (C=O) groups is 3. The van der Waals surface area contributed by atoms with Crippen molar-refractivity contribution in [3.63, 3.8) is 0 Å². The highest BCUT2D eigenvalue weighted by Gasteiger charge is 2.41. The maximum absolute atomic E-state index is 12.1. The first-order valence-electron chi connectivity index (χ1n) is 7.22. The molecule has 0 spiro atoms. The molecule has 0 heterocycles. The summed E-state index contributed by atoms with van der Waals surface area (Å²) in [5, 5.41) is 14.4. The van der Waals surface area contributed by atoms with Crippen LogP contribution in [0.15, 0.2) is 0 Å². The van der Waals surface area contributed by atoms with Gasteiger partial charge in [-0.3, -0.25) is 0 Å². The van der Waals surface area contributed by atoms with E-state index in [4.69, 9.17) is 0 Å². The molecular weight excluding hydrogens is 276 g/mol. The Kier molecular flexibility index (Phi) is 5.99. The van der Waals surface area contributed by atoms with Crippen molar-refractivity contribution in [1.82, 2.24) is 10.6 Å². The molecule has 120 valence electrons. The number of hydrogen-bond acceptors (Lipinski definition) is 4. The summed E-state index contributed by atoms with van der Waals surface area (Å²) in [7, 11) is 1.25. The molecule has 1 aliphatic rings. The van der Waals surface area contributed by atoms with Crippen LogP contribution < -0.4 is 10.6 Å². The minimum atomic E-state index is -1.24. The van der Waals surface area contributed by atoms with Crippen LogP contribution in [0.1, 0.15) is 46.0 Å². The van der Waals surface area contributed by atoms with E-state index in [9.17, 15) is 19.5 Å². The third-order valence-electron chi connectivity index (χ3n) is 3.88. The fourth-order valence-electron chi connectivity index (χ4n) is 2.57. The summed E-state index contributed by atoms with van der Waals surface area (Å²) in [5.41, 5.74) is -1.24. The largest absolute Gasteiger partial charge is 0.480 e. The fourth-order valence-corrected chi connectivity index (χ4v) is 2.57. The van der Waals surface area contributed by atoms with Gasteiger partial charge >= 0.3 is 18.0 Å². The first kappa shape index (κ1) is 17.3. The zero-order chi connectivity index (χ0) is 16.0. The zero-order valence-corrected chi connectivity index (χ0v) is 12.8. The van der Waals surface area contributed by atoms with Crippen molar-refractivity contribution in [2.45, 2.75) is 57.5 Å². The Labute approximate surface area is 124 Å². The lowest BCUT2D eigenvalue weighted by Crippen LogP contribution is -2.60. The van der Waals surface area contributed by atoms with Crippen molar-refractivity contribution in [2.24, 2.45) is 5.92 Å². The fraction of sp³-hybridized carbons (Fsp3) is 0.786. The molecule has 0 aromatic heterocycles. The second-order valence-electron chi connectivity index (χ2n) is 5.79. The second-order valence-corrected chi connectivity index (χ2v) is 5.79. The van der Waals surface area contributed by atoms with Crippen molar-refractivity contribution < 1.29 is 24.2 Å². The average molecular weight is 300 g/mol. The Bertz CT molecular complexity index is 402. The molecule has 0 radical (unpaired) electrons. The number of hydrogen-bond donors (Lipinski definition) is 3. The maximum atomic E-state index is 12.1. The van der Waals surface area contributed by atoms with Gasteiger partial charge in [-0.2, -0.15) is 0 Å². The SMILES string of the molecule is COC(=O)C(NC(=O)NC1(C(=O)O)CCCCC1)C(C)C. The average Bonchev–Trinajstić information content (AvgIpc) is 2.44. The molecule has 1 rings (SSSR count). The summed E-state index contributed by atoms with van der Waals surface area (Å²) >= 11 is 0. The van der Waals surface area contributed by atoms with Gasteiger partial charge in [0.2, 0.25) is 0 Å². The molecule has 1 fully saturated rings. The Balaban J connectivity index is 2.73. The minimum absolute atomic E-state index is 0.157. The van der Waals surface area contributed by atoms with E-state index in [2.05, 4.69) is 15.4 Å². The molecule has 0 aliphatic heterocycles. The number of carboxylic acids is 1. The van der Waals surface area contributed by atoms with Crippen LogP contribution in [-0.2, 0) is 14.3 Å². The van der Waals surface area contributed by atoms with E-state index >= 15 is 0 Å². The smallest absolute Gasteiger partial charge is 0.329 e. The number of ether oxygens (including phenoxy) is 1. The summed E-state index contributed by atoms with van der Waals surface area (Å²) in [6.45, 7) is 3.55. The van der Waals surface area contributed by atoms with Gasteiger partial charge in [-0.15, -0.1) is 0 Å². The highest BCUT2D eigenvalue weighted by Crippen LogP contribution is 2.28. The van der Waals surface area contributed by atoms with E-state index in [1.165, 1.54) is 7.11 Å². The molecule has 0 aromatic rings. The number of methoxy groups -OCH3 is 1. The van der Waals surface area contributed by atoms with Gasteiger partial charge in [0.25, 0.3) is 0 Å². The molecule has 1 saturated carbocycles. The molecule has 1 aliphatic carbocycles. The molecule has 7 nitrogen and oxygen atoms in total. The van der Waals surface area contributed by atoms with Crippen LogP contribution >= 0.6 is 0 Å². The van der Waals surface area contributed by atoms with Gasteiger partial charge < -0.3 is 20.5 Å². The summed E-state index contributed by atoms with van der Waals surface area (Å²) in [6.07, 6.45) is 3.30. The van der Waals surface area contributed by atoms with Crippen LogP contribution in [0.5, 0.6) is 0 Å². The van der Waals surface area contributed by atoms with Crippen LogP contribution in [0.25, 0.3) is 0 Å². The zero-order valence-electron chi connectivity index (χ0n) is 12.8. The van der Waals surface area contributed by atoms with E-state index in [-0.39, 0.29) is 5.92 Å². The molecule has 21 heavy (non-hydrogen) atoms. The number of urea groups is 1. The highest BCUT2D eigenvalue weighted by atomic mass is 16.5. The van der Waals surface area contributed by atoms with Crippen molar-refractivity contribution in [1.29, 1.82) is 0 Å². The molecule has 0 aromatic carbocycles. The normalized spacial score (nSPS) is 18.7. The first-order valence-corrected chi connectivity index (χ1v) is 7.22. The number of nitrogens with one attached hydrogen (secondary N) is 2. The quantitative estimate of drug-likeness (QED) is 0.663. The first-order chi connectivity index (χ1) is 9.82. The number of esters is 1. The molecule has 0 saturated heterocycles. The lowest BCUT2D eigenvalue weighted by atomic mass is 9.82. The van der Waals surface area contributed by atoms with Crippen LogP contribution in [0.3, 0.4) is 0 Å². The molecule has 2 amide bonds. The van der Waals surface area contributed by atoms with Crippen LogP contribution in [0.2, 0.25) is 0 Å². The summed E-state index contributed by atoms with van der Waals surface area (Å²) < 4.78 is 4.64. The molecule has 1 atom stereocenters. The van der Waals surface area contributed by atoms with Crippen molar-refractivity contribution in [3.05, 3.63) is 0 Å². The maximum Gasteiger partial charge on any atom is 0.329 e. The van der Waals surface area contributed by atoms with Crippen molar-refractivity contribution in [2.75, 3.05) is 7.11 Å². The van der Waals surface area contributed by atoms with Gasteiger partial charge in [0.1, 0.15) is 11.6 Å². The molecule has 0 bridgehead atoms. The monoisotopic (exact) mass is 300 g/mol. The third-order valence-corrected chi connectivity index (χ3v) is 3.88. The molecule has 7 heteroatoms. The van der Waals surface area contributed by atoms with Gasteiger partial charge in [-0.25, -0.2) is 14.4 Å². The lowest BCUT2D eigenvalue weighted by molar-refractivity contribution is -0.145. The Hall–Kier alpha value is -1.79. The minimum Gasteiger partial charge on any atom is -0.480 e. The molecule has 1 unspecified atom stereocenters. The van der Waals surface area contributed by atoms with Crippen LogP contribution in [0.4, 0.5) is 4.79 Å². The number of amides is 2. The van der Waals surface area contributed by atoms with E-state index in [0.717, 1.165) is 19.3 Å². The lowest BCUT2D eigenvalue weighted by Gasteiger charge is -2.34. The Morgan fingerprint density at radius 3 is 2.14 bits per heavy atom. The van der Waals surface area contributed by atoms with Gasteiger partial charge in [0.15, 0.2) is 0 Å². The Morgan fingerprint density at radius 2 is 1.71 bits per heavy atom. The van der Waals surface area contributed by atoms with Crippen molar-refractivity contribution in [3.8, 4) is 0 Å². The molecular formula is C14H24N2O5. The number of carbonyl (C=O) groups excluding carboxylic acids is 2. The van der Waals surface area contributed by atoms with E-state index < -0.39 is 29.6 Å². The number of carboxylic acid groups (broad SMARTS) is 1. The van der Waals surface area contributed by atoms with Gasteiger partial charge in [-0.1, -0.05) is 33.1 Å². The summed E-state index contributed by atoms with van der Waals surface area (Å²) in [5.74, 6) is -1.74. The van der Waals surface area contributed by atoms with Crippen LogP contribution in [0, 0.1) is 5.92 Å². The highest BCUT2D eigenvalue weighted by molar-refractivity contribution is 5.89. The van der Waals surface area contributed by atoms with Gasteiger partial charge in [-0.05, 0) is 18.8 Å². The van der Waals surface area contributed by atoms with Crippen LogP contribution in [-0.4, -0.2) is 41.8 Å². The summed E-state index contributed by atoms with van der Waals surface area (Å²) in [4.78, 5) is 35.2. The Morgan fingerprint density at radius 1 is 1.14 bits per heavy atom. The number of aliphatic carboxylic acids is 1. The van der Waals surface area contributed by atoms with E-state index in [1.54, 1.807) is 13.8 Å². The van der Waals surface area contributed by atoms with Crippen molar-refractivity contribution >= 4 is 18.0 Å². The van der Waals surface area contributed by atoms with Gasteiger partial charge in [0.05, 0.1) is 7.11 Å². The van der Waals surface area contributed by atoms with E-state index in [0.29, 0.717) is 12.8 Å². The predicted molar refractivity (Wildman–Crippen MR) is 75.8 cm³/mol. The number of rotatable bonds is 5. The third kappa shape index (κ3) is 4.34. The predicted octanol–water partition coefficient (Wildman–Crippen LogP) is 1.27. The topological polar surface area (TPSA) is 105 Å². The summed E-state index contributed by atoms with van der Waals surface area (Å²) in [6, 6.07) is -1.45. The second kappa shape index (κ2) is 7.28. The van der Waals surface area contributed by atoms with E-state index in [1.807, 2.05) is 0 Å². The molecule has 3 N–H and O–H groups in total.